The van der Waals surface area contributed by atoms with Gasteiger partial charge in [-0.05, 0) is 23.8 Å². The number of benzene rings is 2. The topological polar surface area (TPSA) is 53.3 Å². The molecular weight excluding hydrogens is 300 g/mol. The Balaban J connectivity index is 1.79. The number of nitrogens with zero attached hydrogens (tertiary/aromatic N) is 2. The number of hydrogen-bond donors (Lipinski definition) is 0. The molecule has 0 saturated carbocycles. The first-order valence-corrected chi connectivity index (χ1v) is 7.83. The summed E-state index contributed by atoms with van der Waals surface area (Å²) in [6.07, 6.45) is 1.73. The minimum absolute atomic E-state index is 0.0317. The Morgan fingerprint density at radius 2 is 2.04 bits per heavy atom. The number of carbonyl (C=O) groups is 1. The SMILES string of the molecule is C=CCN(Cc1ccc(C#N)cc1)C(=O)C1COc2ccccc21. The van der Waals surface area contributed by atoms with Crippen molar-refractivity contribution in [1.82, 2.24) is 4.90 Å². The van der Waals surface area contributed by atoms with Gasteiger partial charge in [0.2, 0.25) is 5.91 Å². The summed E-state index contributed by atoms with van der Waals surface area (Å²) in [6, 6.07) is 17.0. The summed E-state index contributed by atoms with van der Waals surface area (Å²) in [5, 5.41) is 8.88. The molecule has 1 aliphatic heterocycles. The molecule has 2 aromatic carbocycles. The van der Waals surface area contributed by atoms with Crippen molar-refractivity contribution in [1.29, 1.82) is 5.26 Å². The van der Waals surface area contributed by atoms with Gasteiger partial charge in [-0.15, -0.1) is 6.58 Å². The van der Waals surface area contributed by atoms with Crippen LogP contribution in [0.2, 0.25) is 0 Å². The zero-order chi connectivity index (χ0) is 16.9. The number of ether oxygens (including phenoxy) is 1. The van der Waals surface area contributed by atoms with E-state index in [0.29, 0.717) is 25.3 Å². The van der Waals surface area contributed by atoms with Crippen molar-refractivity contribution in [2.75, 3.05) is 13.2 Å². The largest absolute Gasteiger partial charge is 0.492 e. The van der Waals surface area contributed by atoms with Gasteiger partial charge in [0.25, 0.3) is 0 Å². The van der Waals surface area contributed by atoms with Crippen LogP contribution >= 0.6 is 0 Å². The molecule has 24 heavy (non-hydrogen) atoms. The van der Waals surface area contributed by atoms with Crippen LogP contribution < -0.4 is 4.74 Å². The fourth-order valence-electron chi connectivity index (χ4n) is 2.88. The van der Waals surface area contributed by atoms with Gasteiger partial charge in [0.1, 0.15) is 18.3 Å². The van der Waals surface area contributed by atoms with Crippen LogP contribution in [0.1, 0.15) is 22.6 Å². The maximum absolute atomic E-state index is 13.0. The predicted molar refractivity (Wildman–Crippen MR) is 91.4 cm³/mol. The minimum atomic E-state index is -0.278. The van der Waals surface area contributed by atoms with E-state index in [2.05, 4.69) is 12.6 Å². The standard InChI is InChI=1S/C20H18N2O2/c1-2-11-22(13-16-9-7-15(12-21)8-10-16)20(23)18-14-24-19-6-4-3-5-17(18)19/h2-10,18H,1,11,13-14H2. The molecule has 0 saturated heterocycles. The van der Waals surface area contributed by atoms with E-state index in [1.807, 2.05) is 36.4 Å². The van der Waals surface area contributed by atoms with Crippen molar-refractivity contribution in [3.63, 3.8) is 0 Å². The fourth-order valence-corrected chi connectivity index (χ4v) is 2.88. The molecule has 0 bridgehead atoms. The fraction of sp³-hybridized carbons (Fsp3) is 0.200. The molecule has 1 amide bonds. The van der Waals surface area contributed by atoms with Crippen LogP contribution in [0.15, 0.2) is 61.2 Å². The van der Waals surface area contributed by atoms with Crippen molar-refractivity contribution in [2.45, 2.75) is 12.5 Å². The number of amides is 1. The molecule has 4 nitrogen and oxygen atoms in total. The lowest BCUT2D eigenvalue weighted by Crippen LogP contribution is -2.35. The van der Waals surface area contributed by atoms with Gasteiger partial charge in [0.05, 0.1) is 11.6 Å². The summed E-state index contributed by atoms with van der Waals surface area (Å²) >= 11 is 0. The quantitative estimate of drug-likeness (QED) is 0.795. The molecule has 0 aromatic heterocycles. The summed E-state index contributed by atoms with van der Waals surface area (Å²) in [5.74, 6) is 0.538. The average Bonchev–Trinajstić information content (AvgIpc) is 3.05. The predicted octanol–water partition coefficient (Wildman–Crippen LogP) is 3.25. The Kier molecular flexibility index (Phi) is 4.62. The minimum Gasteiger partial charge on any atom is -0.492 e. The van der Waals surface area contributed by atoms with E-state index in [9.17, 15) is 4.79 Å². The third-order valence-electron chi connectivity index (χ3n) is 4.12. The highest BCUT2D eigenvalue weighted by atomic mass is 16.5. The zero-order valence-electron chi connectivity index (χ0n) is 13.3. The zero-order valence-corrected chi connectivity index (χ0v) is 13.3. The van der Waals surface area contributed by atoms with Crippen molar-refractivity contribution in [3.8, 4) is 11.8 Å². The van der Waals surface area contributed by atoms with Gasteiger partial charge < -0.3 is 9.64 Å². The van der Waals surface area contributed by atoms with E-state index >= 15 is 0 Å². The van der Waals surface area contributed by atoms with Crippen molar-refractivity contribution >= 4 is 5.91 Å². The summed E-state index contributed by atoms with van der Waals surface area (Å²) in [6.45, 7) is 5.08. The first-order chi connectivity index (χ1) is 11.7. The van der Waals surface area contributed by atoms with E-state index in [-0.39, 0.29) is 11.8 Å². The third-order valence-corrected chi connectivity index (χ3v) is 4.12. The maximum atomic E-state index is 13.0. The molecule has 0 N–H and O–H groups in total. The number of hydrogen-bond acceptors (Lipinski definition) is 3. The lowest BCUT2D eigenvalue weighted by Gasteiger charge is -2.24. The molecule has 1 heterocycles. The summed E-state index contributed by atoms with van der Waals surface area (Å²) < 4.78 is 5.63. The van der Waals surface area contributed by atoms with Crippen molar-refractivity contribution in [3.05, 3.63) is 77.9 Å². The monoisotopic (exact) mass is 318 g/mol. The number of rotatable bonds is 5. The number of para-hydroxylation sites is 1. The second-order valence-electron chi connectivity index (χ2n) is 5.72. The Bertz CT molecular complexity index is 790. The third kappa shape index (κ3) is 3.16. The molecule has 0 radical (unpaired) electrons. The number of fused-ring (bicyclic) bond motifs is 1. The second-order valence-corrected chi connectivity index (χ2v) is 5.72. The van der Waals surface area contributed by atoms with Crippen molar-refractivity contribution < 1.29 is 9.53 Å². The van der Waals surface area contributed by atoms with Crippen LogP contribution in [0, 0.1) is 11.3 Å². The summed E-state index contributed by atoms with van der Waals surface area (Å²) in [7, 11) is 0. The van der Waals surface area contributed by atoms with Gasteiger partial charge in [-0.25, -0.2) is 0 Å². The van der Waals surface area contributed by atoms with Gasteiger partial charge in [0, 0.05) is 18.7 Å². The number of carbonyl (C=O) groups excluding carboxylic acids is 1. The molecule has 2 aromatic rings. The Hall–Kier alpha value is -3.06. The van der Waals surface area contributed by atoms with E-state index in [1.165, 1.54) is 0 Å². The molecule has 3 rings (SSSR count). The first kappa shape index (κ1) is 15.8. The molecule has 1 unspecified atom stereocenters. The molecule has 4 heteroatoms. The van der Waals surface area contributed by atoms with Gasteiger partial charge in [-0.1, -0.05) is 36.4 Å². The molecule has 0 aliphatic carbocycles. The van der Waals surface area contributed by atoms with E-state index < -0.39 is 0 Å². The molecule has 1 atom stereocenters. The Labute approximate surface area is 141 Å². The van der Waals surface area contributed by atoms with Crippen molar-refractivity contribution in [2.24, 2.45) is 0 Å². The van der Waals surface area contributed by atoms with Crippen LogP contribution in [0.5, 0.6) is 5.75 Å². The van der Waals surface area contributed by atoms with Gasteiger partial charge in [-0.3, -0.25) is 4.79 Å². The highest BCUT2D eigenvalue weighted by Crippen LogP contribution is 2.34. The van der Waals surface area contributed by atoms with Crippen LogP contribution in [0.3, 0.4) is 0 Å². The summed E-state index contributed by atoms with van der Waals surface area (Å²) in [5.41, 5.74) is 2.53. The first-order valence-electron chi connectivity index (χ1n) is 7.83. The van der Waals surface area contributed by atoms with Crippen LogP contribution in [0.25, 0.3) is 0 Å². The molecule has 120 valence electrons. The van der Waals surface area contributed by atoms with E-state index in [4.69, 9.17) is 10.00 Å². The van der Waals surface area contributed by atoms with Gasteiger partial charge in [-0.2, -0.15) is 5.26 Å². The highest BCUT2D eigenvalue weighted by molar-refractivity contribution is 5.85. The molecular formula is C20H18N2O2. The van der Waals surface area contributed by atoms with Gasteiger partial charge >= 0.3 is 0 Å². The van der Waals surface area contributed by atoms with Crippen LogP contribution in [-0.4, -0.2) is 24.0 Å². The maximum Gasteiger partial charge on any atom is 0.234 e. The highest BCUT2D eigenvalue weighted by Gasteiger charge is 2.32. The van der Waals surface area contributed by atoms with Crippen LogP contribution in [-0.2, 0) is 11.3 Å². The van der Waals surface area contributed by atoms with Gasteiger partial charge in [0.15, 0.2) is 0 Å². The summed E-state index contributed by atoms with van der Waals surface area (Å²) in [4.78, 5) is 14.7. The average molecular weight is 318 g/mol. The molecule has 1 aliphatic rings. The Morgan fingerprint density at radius 3 is 2.75 bits per heavy atom. The van der Waals surface area contributed by atoms with Crippen LogP contribution in [0.4, 0.5) is 0 Å². The molecule has 0 spiro atoms. The molecule has 0 fully saturated rings. The Morgan fingerprint density at radius 1 is 1.29 bits per heavy atom. The normalized spacial score (nSPS) is 15.0. The lowest BCUT2D eigenvalue weighted by atomic mass is 9.99. The smallest absolute Gasteiger partial charge is 0.234 e. The number of nitriles is 1. The van der Waals surface area contributed by atoms with E-state index in [1.54, 1.807) is 23.1 Å². The second kappa shape index (κ2) is 7.01. The lowest BCUT2D eigenvalue weighted by molar-refractivity contribution is -0.133. The van der Waals surface area contributed by atoms with E-state index in [0.717, 1.165) is 16.9 Å².